The molecule has 0 bridgehead atoms. The lowest BCUT2D eigenvalue weighted by Gasteiger charge is -2.20. The van der Waals surface area contributed by atoms with E-state index in [1.54, 1.807) is 6.08 Å². The summed E-state index contributed by atoms with van der Waals surface area (Å²) in [7, 11) is 0. The molecule has 0 spiro atoms. The zero-order valence-electron chi connectivity index (χ0n) is 56.7. The van der Waals surface area contributed by atoms with Crippen molar-refractivity contribution in [1.82, 2.24) is 5.32 Å². The van der Waals surface area contributed by atoms with Crippen molar-refractivity contribution < 1.29 is 24.5 Å². The third-order valence-electron chi connectivity index (χ3n) is 18.3. The van der Waals surface area contributed by atoms with Crippen LogP contribution in [0, 0.1) is 0 Å². The first-order valence-corrected chi connectivity index (χ1v) is 38.5. The first kappa shape index (κ1) is 81.6. The standard InChI is InChI=1S/C77H151NO5/c1-3-5-7-9-11-13-15-17-19-21-34-38-41-45-49-53-57-61-65-69-75(80)74(73-79)78-76(81)70-66-62-58-54-50-46-42-39-35-32-30-28-26-24-22-23-25-27-29-31-33-36-40-44-48-52-56-60-64-68-72-83-77(82)71-67-63-59-55-51-47-43-37-20-18-16-14-12-10-8-6-4-2/h65,69,74-75,79-80H,3-64,66-68,70-73H2,1-2H3,(H,78,81)/b69-65+. The highest BCUT2D eigenvalue weighted by atomic mass is 16.5. The van der Waals surface area contributed by atoms with E-state index in [1.807, 2.05) is 6.08 Å². The number of nitrogens with one attached hydrogen (secondary N) is 1. The number of hydrogen-bond acceptors (Lipinski definition) is 5. The molecule has 2 unspecified atom stereocenters. The lowest BCUT2D eigenvalue weighted by molar-refractivity contribution is -0.143. The summed E-state index contributed by atoms with van der Waals surface area (Å²) in [4.78, 5) is 24.6. The fourth-order valence-electron chi connectivity index (χ4n) is 12.5. The van der Waals surface area contributed by atoms with E-state index in [9.17, 15) is 19.8 Å². The second-order valence-corrected chi connectivity index (χ2v) is 26.7. The molecule has 0 rings (SSSR count). The number of ether oxygens (including phenoxy) is 1. The fourth-order valence-corrected chi connectivity index (χ4v) is 12.5. The van der Waals surface area contributed by atoms with Crippen molar-refractivity contribution in [3.8, 4) is 0 Å². The molecule has 0 radical (unpaired) electrons. The first-order chi connectivity index (χ1) is 41.0. The minimum absolute atomic E-state index is 0.0250. The Morgan fingerprint density at radius 3 is 0.819 bits per heavy atom. The maximum atomic E-state index is 12.5. The van der Waals surface area contributed by atoms with E-state index < -0.39 is 12.1 Å². The van der Waals surface area contributed by atoms with Gasteiger partial charge >= 0.3 is 5.97 Å². The van der Waals surface area contributed by atoms with Crippen molar-refractivity contribution in [2.75, 3.05) is 13.2 Å². The van der Waals surface area contributed by atoms with Crippen LogP contribution in [-0.2, 0) is 14.3 Å². The largest absolute Gasteiger partial charge is 0.466 e. The normalized spacial score (nSPS) is 12.5. The molecule has 6 heteroatoms. The topological polar surface area (TPSA) is 95.9 Å². The summed E-state index contributed by atoms with van der Waals surface area (Å²) in [5.41, 5.74) is 0. The third-order valence-corrected chi connectivity index (χ3v) is 18.3. The van der Waals surface area contributed by atoms with Gasteiger partial charge in [0.25, 0.3) is 0 Å². The summed E-state index contributed by atoms with van der Waals surface area (Å²) in [5.74, 6) is -0.0345. The van der Waals surface area contributed by atoms with Gasteiger partial charge in [-0.05, 0) is 32.1 Å². The monoisotopic (exact) mass is 1170 g/mol. The average molecular weight is 1170 g/mol. The van der Waals surface area contributed by atoms with Gasteiger partial charge in [0, 0.05) is 12.8 Å². The molecule has 0 heterocycles. The molecule has 494 valence electrons. The molecular weight excluding hydrogens is 1020 g/mol. The van der Waals surface area contributed by atoms with Gasteiger partial charge in [-0.1, -0.05) is 411 Å². The number of hydrogen-bond donors (Lipinski definition) is 3. The first-order valence-electron chi connectivity index (χ1n) is 38.5. The van der Waals surface area contributed by atoms with Crippen LogP contribution in [0.3, 0.4) is 0 Å². The molecule has 0 saturated carbocycles. The quantitative estimate of drug-likeness (QED) is 0.0320. The number of rotatable bonds is 73. The van der Waals surface area contributed by atoms with Gasteiger partial charge in [0.15, 0.2) is 0 Å². The molecule has 0 aromatic heterocycles. The Labute approximate surface area is 520 Å². The predicted octanol–water partition coefficient (Wildman–Crippen LogP) is 25.1. The molecule has 1 amide bonds. The molecule has 0 aliphatic carbocycles. The highest BCUT2D eigenvalue weighted by molar-refractivity contribution is 5.76. The minimum Gasteiger partial charge on any atom is -0.466 e. The van der Waals surface area contributed by atoms with Crippen LogP contribution in [0.2, 0.25) is 0 Å². The molecule has 3 N–H and O–H groups in total. The second kappa shape index (κ2) is 73.1. The Bertz CT molecular complexity index is 1260. The van der Waals surface area contributed by atoms with Gasteiger partial charge in [-0.2, -0.15) is 0 Å². The fraction of sp³-hybridized carbons (Fsp3) is 0.948. The Hall–Kier alpha value is -1.40. The number of allylic oxidation sites excluding steroid dienone is 1. The van der Waals surface area contributed by atoms with Crippen molar-refractivity contribution in [2.45, 2.75) is 456 Å². The van der Waals surface area contributed by atoms with Crippen LogP contribution in [0.4, 0.5) is 0 Å². The third kappa shape index (κ3) is 69.6. The smallest absolute Gasteiger partial charge is 0.305 e. The van der Waals surface area contributed by atoms with Crippen molar-refractivity contribution in [3.05, 3.63) is 12.2 Å². The van der Waals surface area contributed by atoms with Gasteiger partial charge in [-0.25, -0.2) is 0 Å². The van der Waals surface area contributed by atoms with Crippen molar-refractivity contribution >= 4 is 11.9 Å². The minimum atomic E-state index is -0.842. The number of esters is 1. The maximum Gasteiger partial charge on any atom is 0.305 e. The zero-order valence-corrected chi connectivity index (χ0v) is 56.7. The Kier molecular flexibility index (Phi) is 71.8. The molecule has 0 fully saturated rings. The number of aliphatic hydroxyl groups is 2. The summed E-state index contributed by atoms with van der Waals surface area (Å²) < 4.78 is 5.51. The number of carbonyl (C=O) groups is 2. The lowest BCUT2D eigenvalue weighted by Crippen LogP contribution is -2.45. The molecule has 0 aromatic carbocycles. The van der Waals surface area contributed by atoms with Gasteiger partial charge in [0.2, 0.25) is 5.91 Å². The summed E-state index contributed by atoms with van der Waals surface area (Å²) in [6, 6.07) is -0.625. The summed E-state index contributed by atoms with van der Waals surface area (Å²) >= 11 is 0. The van der Waals surface area contributed by atoms with E-state index in [-0.39, 0.29) is 18.5 Å². The number of carbonyl (C=O) groups excluding carboxylic acids is 2. The van der Waals surface area contributed by atoms with Crippen molar-refractivity contribution in [2.24, 2.45) is 0 Å². The Balaban J connectivity index is 3.33. The van der Waals surface area contributed by atoms with Crippen LogP contribution in [0.25, 0.3) is 0 Å². The van der Waals surface area contributed by atoms with Gasteiger partial charge in [-0.3, -0.25) is 9.59 Å². The molecule has 0 aliphatic heterocycles. The van der Waals surface area contributed by atoms with Crippen LogP contribution in [0.1, 0.15) is 444 Å². The Morgan fingerprint density at radius 1 is 0.325 bits per heavy atom. The average Bonchev–Trinajstić information content (AvgIpc) is 3.49. The van der Waals surface area contributed by atoms with Crippen molar-refractivity contribution in [1.29, 1.82) is 0 Å². The molecule has 0 aliphatic rings. The second-order valence-electron chi connectivity index (χ2n) is 26.7. The van der Waals surface area contributed by atoms with E-state index in [0.29, 0.717) is 19.4 Å². The summed E-state index contributed by atoms with van der Waals surface area (Å²) in [6.45, 7) is 4.96. The van der Waals surface area contributed by atoms with E-state index in [0.717, 1.165) is 38.5 Å². The molecular formula is C77H151NO5. The van der Waals surface area contributed by atoms with E-state index in [1.165, 1.54) is 379 Å². The maximum absolute atomic E-state index is 12.5. The van der Waals surface area contributed by atoms with E-state index in [2.05, 4.69) is 19.2 Å². The molecule has 83 heavy (non-hydrogen) atoms. The lowest BCUT2D eigenvalue weighted by atomic mass is 10.0. The molecule has 6 nitrogen and oxygen atoms in total. The van der Waals surface area contributed by atoms with Gasteiger partial charge < -0.3 is 20.3 Å². The van der Waals surface area contributed by atoms with Crippen LogP contribution < -0.4 is 5.32 Å². The summed E-state index contributed by atoms with van der Waals surface area (Å²) in [6.07, 6.45) is 91.8. The van der Waals surface area contributed by atoms with Crippen LogP contribution in [0.5, 0.6) is 0 Å². The molecule has 0 saturated heterocycles. The zero-order chi connectivity index (χ0) is 59.9. The Morgan fingerprint density at radius 2 is 0.554 bits per heavy atom. The molecule has 0 aromatic rings. The number of amides is 1. The SMILES string of the molecule is CCCCCCCCCCCCCCCCCCC/C=C/C(O)C(CO)NC(=O)CCCCCCCCCCCCCCCCCCCCCCCCCCCCCCCCOC(=O)CCCCCCCCCCCCCCCCCCC. The van der Waals surface area contributed by atoms with Gasteiger partial charge in [0.05, 0.1) is 25.4 Å². The van der Waals surface area contributed by atoms with Crippen molar-refractivity contribution in [3.63, 3.8) is 0 Å². The van der Waals surface area contributed by atoms with Crippen LogP contribution in [0.15, 0.2) is 12.2 Å². The highest BCUT2D eigenvalue weighted by Crippen LogP contribution is 2.20. The number of aliphatic hydroxyl groups excluding tert-OH is 2. The van der Waals surface area contributed by atoms with Gasteiger partial charge in [0.1, 0.15) is 0 Å². The summed E-state index contributed by atoms with van der Waals surface area (Å²) in [5, 5.41) is 23.3. The van der Waals surface area contributed by atoms with E-state index >= 15 is 0 Å². The van der Waals surface area contributed by atoms with Crippen LogP contribution in [-0.4, -0.2) is 47.4 Å². The van der Waals surface area contributed by atoms with Crippen LogP contribution >= 0.6 is 0 Å². The molecule has 2 atom stereocenters. The van der Waals surface area contributed by atoms with E-state index in [4.69, 9.17) is 4.74 Å². The predicted molar refractivity (Wildman–Crippen MR) is 366 cm³/mol. The highest BCUT2D eigenvalue weighted by Gasteiger charge is 2.18. The number of unbranched alkanes of at least 4 members (excludes halogenated alkanes) is 62. The van der Waals surface area contributed by atoms with Gasteiger partial charge in [-0.15, -0.1) is 0 Å².